The van der Waals surface area contributed by atoms with Crippen LogP contribution in [0.15, 0.2) is 30.3 Å². The number of nitriles is 1. The third kappa shape index (κ3) is 5.44. The molecular formula is C16H21N3O3. The summed E-state index contributed by atoms with van der Waals surface area (Å²) in [5.41, 5.74) is 0.149. The second-order valence-electron chi connectivity index (χ2n) is 5.61. The second-order valence-corrected chi connectivity index (χ2v) is 5.61. The van der Waals surface area contributed by atoms with E-state index in [0.29, 0.717) is 0 Å². The van der Waals surface area contributed by atoms with Crippen LogP contribution in [0.25, 0.3) is 0 Å². The molecule has 22 heavy (non-hydrogen) atoms. The fraction of sp³-hybridized carbons (Fsp3) is 0.438. The van der Waals surface area contributed by atoms with Crippen LogP contribution in [-0.4, -0.2) is 25.1 Å². The zero-order valence-electron chi connectivity index (χ0n) is 13.1. The SMILES string of the molecule is CNC(=O)CC(C)(C)C(C#N)NC(=O)OCc1ccccc1. The van der Waals surface area contributed by atoms with E-state index in [2.05, 4.69) is 10.6 Å². The van der Waals surface area contributed by atoms with Gasteiger partial charge >= 0.3 is 6.09 Å². The van der Waals surface area contributed by atoms with Gasteiger partial charge in [-0.1, -0.05) is 44.2 Å². The third-order valence-corrected chi connectivity index (χ3v) is 3.28. The Morgan fingerprint density at radius 3 is 2.50 bits per heavy atom. The fourth-order valence-electron chi connectivity index (χ4n) is 1.89. The van der Waals surface area contributed by atoms with E-state index in [1.165, 1.54) is 7.05 Å². The van der Waals surface area contributed by atoms with Crippen molar-refractivity contribution in [2.75, 3.05) is 7.05 Å². The number of hydrogen-bond donors (Lipinski definition) is 2. The van der Waals surface area contributed by atoms with E-state index in [9.17, 15) is 14.9 Å². The van der Waals surface area contributed by atoms with Crippen molar-refractivity contribution >= 4 is 12.0 Å². The predicted octanol–water partition coefficient (Wildman–Crippen LogP) is 1.97. The molecule has 6 heteroatoms. The summed E-state index contributed by atoms with van der Waals surface area (Å²) < 4.78 is 5.09. The molecule has 2 amide bonds. The third-order valence-electron chi connectivity index (χ3n) is 3.28. The van der Waals surface area contributed by atoms with E-state index in [4.69, 9.17) is 4.74 Å². The number of carbonyl (C=O) groups is 2. The minimum atomic E-state index is -0.826. The van der Waals surface area contributed by atoms with E-state index >= 15 is 0 Å². The lowest BCUT2D eigenvalue weighted by atomic mass is 9.81. The summed E-state index contributed by atoms with van der Waals surface area (Å²) in [7, 11) is 1.53. The number of amides is 2. The number of benzene rings is 1. The van der Waals surface area contributed by atoms with Crippen LogP contribution >= 0.6 is 0 Å². The average Bonchev–Trinajstić information content (AvgIpc) is 2.50. The van der Waals surface area contributed by atoms with Gasteiger partial charge in [0, 0.05) is 18.9 Å². The van der Waals surface area contributed by atoms with E-state index in [0.717, 1.165) is 5.56 Å². The van der Waals surface area contributed by atoms with Gasteiger partial charge in [0.25, 0.3) is 0 Å². The molecule has 0 saturated heterocycles. The number of alkyl carbamates (subject to hydrolysis) is 1. The van der Waals surface area contributed by atoms with Crippen molar-refractivity contribution in [3.8, 4) is 6.07 Å². The van der Waals surface area contributed by atoms with Gasteiger partial charge in [0.1, 0.15) is 12.6 Å². The molecule has 0 aliphatic rings. The van der Waals surface area contributed by atoms with Crippen molar-refractivity contribution in [2.45, 2.75) is 32.9 Å². The van der Waals surface area contributed by atoms with Crippen LogP contribution in [0.3, 0.4) is 0 Å². The number of nitrogens with one attached hydrogen (secondary N) is 2. The number of ether oxygens (including phenoxy) is 1. The largest absolute Gasteiger partial charge is 0.445 e. The molecule has 118 valence electrons. The van der Waals surface area contributed by atoms with Gasteiger partial charge in [0.2, 0.25) is 5.91 Å². The molecule has 1 aromatic carbocycles. The molecule has 0 saturated carbocycles. The fourth-order valence-corrected chi connectivity index (χ4v) is 1.89. The molecule has 1 atom stereocenters. The minimum Gasteiger partial charge on any atom is -0.445 e. The van der Waals surface area contributed by atoms with E-state index in [1.807, 2.05) is 36.4 Å². The molecular weight excluding hydrogens is 282 g/mol. The Morgan fingerprint density at radius 1 is 1.32 bits per heavy atom. The molecule has 1 aromatic rings. The summed E-state index contributed by atoms with van der Waals surface area (Å²) in [6.07, 6.45) is -0.555. The van der Waals surface area contributed by atoms with Crippen molar-refractivity contribution < 1.29 is 14.3 Å². The van der Waals surface area contributed by atoms with Gasteiger partial charge in [-0.25, -0.2) is 4.79 Å². The zero-order chi connectivity index (χ0) is 16.6. The first kappa shape index (κ1) is 17.5. The quantitative estimate of drug-likeness (QED) is 0.840. The average molecular weight is 303 g/mol. The molecule has 1 rings (SSSR count). The topological polar surface area (TPSA) is 91.2 Å². The normalized spacial score (nSPS) is 11.9. The van der Waals surface area contributed by atoms with Gasteiger partial charge in [-0.2, -0.15) is 5.26 Å². The first-order valence-corrected chi connectivity index (χ1v) is 6.96. The Labute approximate surface area is 130 Å². The molecule has 0 heterocycles. The Hall–Kier alpha value is -2.55. The molecule has 0 fully saturated rings. The number of nitrogens with zero attached hydrogens (tertiary/aromatic N) is 1. The van der Waals surface area contributed by atoms with E-state index in [1.54, 1.807) is 13.8 Å². The van der Waals surface area contributed by atoms with Crippen LogP contribution in [-0.2, 0) is 16.1 Å². The van der Waals surface area contributed by atoms with Gasteiger partial charge in [-0.15, -0.1) is 0 Å². The first-order chi connectivity index (χ1) is 10.4. The Balaban J connectivity index is 2.56. The predicted molar refractivity (Wildman–Crippen MR) is 81.6 cm³/mol. The number of carbonyl (C=O) groups excluding carboxylic acids is 2. The van der Waals surface area contributed by atoms with Gasteiger partial charge in [-0.3, -0.25) is 4.79 Å². The van der Waals surface area contributed by atoms with Crippen molar-refractivity contribution in [3.63, 3.8) is 0 Å². The van der Waals surface area contributed by atoms with Crippen LogP contribution in [0.2, 0.25) is 0 Å². The standard InChI is InChI=1S/C16H21N3O3/c1-16(2,9-14(20)18-3)13(10-17)19-15(21)22-11-12-7-5-4-6-8-12/h4-8,13H,9,11H2,1-3H3,(H,18,20)(H,19,21). The Morgan fingerprint density at radius 2 is 1.95 bits per heavy atom. The molecule has 1 unspecified atom stereocenters. The molecule has 0 aliphatic heterocycles. The molecule has 6 nitrogen and oxygen atoms in total. The summed E-state index contributed by atoms with van der Waals surface area (Å²) in [5, 5.41) is 14.2. The lowest BCUT2D eigenvalue weighted by Crippen LogP contribution is -2.46. The summed E-state index contributed by atoms with van der Waals surface area (Å²) in [5.74, 6) is -0.190. The lowest BCUT2D eigenvalue weighted by molar-refractivity contribution is -0.122. The zero-order valence-corrected chi connectivity index (χ0v) is 13.1. The molecule has 0 aromatic heterocycles. The van der Waals surface area contributed by atoms with Crippen LogP contribution in [0.5, 0.6) is 0 Å². The Kier molecular flexibility index (Phi) is 6.39. The Bertz CT molecular complexity index is 550. The highest BCUT2D eigenvalue weighted by Crippen LogP contribution is 2.25. The summed E-state index contributed by atoms with van der Waals surface area (Å²) >= 11 is 0. The smallest absolute Gasteiger partial charge is 0.408 e. The highest BCUT2D eigenvalue weighted by molar-refractivity contribution is 5.76. The van der Waals surface area contributed by atoms with E-state index < -0.39 is 17.6 Å². The van der Waals surface area contributed by atoms with Crippen LogP contribution in [0.1, 0.15) is 25.8 Å². The second kappa shape index (κ2) is 8.03. The molecule has 0 radical (unpaired) electrons. The highest BCUT2D eigenvalue weighted by atomic mass is 16.5. The number of rotatable bonds is 6. The van der Waals surface area contributed by atoms with Crippen molar-refractivity contribution in [3.05, 3.63) is 35.9 Å². The summed E-state index contributed by atoms with van der Waals surface area (Å²) in [6, 6.07) is 10.4. The first-order valence-electron chi connectivity index (χ1n) is 6.96. The summed E-state index contributed by atoms with van der Waals surface area (Å²) in [6.45, 7) is 3.61. The van der Waals surface area contributed by atoms with Gasteiger partial charge in [0.15, 0.2) is 0 Å². The maximum Gasteiger partial charge on any atom is 0.408 e. The number of hydrogen-bond acceptors (Lipinski definition) is 4. The van der Waals surface area contributed by atoms with Crippen molar-refractivity contribution in [1.82, 2.24) is 10.6 Å². The maximum absolute atomic E-state index is 11.8. The molecule has 0 spiro atoms. The van der Waals surface area contributed by atoms with Crippen LogP contribution < -0.4 is 10.6 Å². The van der Waals surface area contributed by atoms with Crippen LogP contribution in [0, 0.1) is 16.7 Å². The molecule has 0 aliphatic carbocycles. The highest BCUT2D eigenvalue weighted by Gasteiger charge is 2.33. The minimum absolute atomic E-state index is 0.126. The van der Waals surface area contributed by atoms with Crippen LogP contribution in [0.4, 0.5) is 4.79 Å². The molecule has 2 N–H and O–H groups in total. The maximum atomic E-state index is 11.8. The van der Waals surface area contributed by atoms with Gasteiger partial charge < -0.3 is 15.4 Å². The molecule has 0 bridgehead atoms. The monoisotopic (exact) mass is 303 g/mol. The van der Waals surface area contributed by atoms with Crippen molar-refractivity contribution in [2.24, 2.45) is 5.41 Å². The summed E-state index contributed by atoms with van der Waals surface area (Å²) in [4.78, 5) is 23.3. The van der Waals surface area contributed by atoms with Crippen molar-refractivity contribution in [1.29, 1.82) is 5.26 Å². The lowest BCUT2D eigenvalue weighted by Gasteiger charge is -2.29. The van der Waals surface area contributed by atoms with E-state index in [-0.39, 0.29) is 18.9 Å². The van der Waals surface area contributed by atoms with Gasteiger partial charge in [0.05, 0.1) is 6.07 Å². The van der Waals surface area contributed by atoms with Gasteiger partial charge in [-0.05, 0) is 5.56 Å².